The molecule has 170 valence electrons. The number of amides is 3. The quantitative estimate of drug-likeness (QED) is 0.671. The predicted octanol–water partition coefficient (Wildman–Crippen LogP) is 4.92. The minimum atomic E-state index is -4.43. The van der Waals surface area contributed by atoms with Crippen molar-refractivity contribution in [2.75, 3.05) is 25.5 Å². The van der Waals surface area contributed by atoms with Crippen molar-refractivity contribution < 1.29 is 22.8 Å². The number of alkyl halides is 3. The second kappa shape index (κ2) is 9.60. The number of rotatable bonds is 4. The normalized spacial score (nSPS) is 15.1. The van der Waals surface area contributed by atoms with Gasteiger partial charge in [0.15, 0.2) is 0 Å². The van der Waals surface area contributed by atoms with Gasteiger partial charge in [-0.05, 0) is 54.8 Å². The van der Waals surface area contributed by atoms with Crippen LogP contribution in [0.4, 0.5) is 23.7 Å². The standard InChI is InChI=1S/C22H22ClF3N4O2/c1-13(20(31)27-2)15-11-18(23)19(28-12-15)14-7-9-30(10-8-14)21(32)29-17-5-3-16(4-6-17)22(24,25)26/h3-7,11-13H,8-10H2,1-2H3,(H,27,31)(H,29,32). The van der Waals surface area contributed by atoms with Gasteiger partial charge in [0.05, 0.1) is 22.2 Å². The molecule has 0 radical (unpaired) electrons. The summed E-state index contributed by atoms with van der Waals surface area (Å²) in [6.45, 7) is 2.46. The first-order valence-electron chi connectivity index (χ1n) is 9.89. The smallest absolute Gasteiger partial charge is 0.359 e. The minimum absolute atomic E-state index is 0.137. The Balaban J connectivity index is 1.64. The van der Waals surface area contributed by atoms with E-state index in [4.69, 9.17) is 11.6 Å². The number of anilines is 1. The van der Waals surface area contributed by atoms with E-state index in [-0.39, 0.29) is 17.5 Å². The number of carbonyl (C=O) groups excluding carboxylic acids is 2. The highest BCUT2D eigenvalue weighted by molar-refractivity contribution is 6.32. The highest BCUT2D eigenvalue weighted by Gasteiger charge is 2.30. The number of aromatic nitrogens is 1. The molecule has 1 aromatic carbocycles. The molecule has 0 saturated carbocycles. The van der Waals surface area contributed by atoms with E-state index in [0.29, 0.717) is 35.8 Å². The number of halogens is 4. The molecule has 0 bridgehead atoms. The van der Waals surface area contributed by atoms with Gasteiger partial charge in [0.1, 0.15) is 0 Å². The van der Waals surface area contributed by atoms with E-state index in [9.17, 15) is 22.8 Å². The van der Waals surface area contributed by atoms with Gasteiger partial charge in [-0.2, -0.15) is 13.2 Å². The molecule has 6 nitrogen and oxygen atoms in total. The zero-order valence-corrected chi connectivity index (χ0v) is 18.2. The van der Waals surface area contributed by atoms with E-state index in [0.717, 1.165) is 17.7 Å². The zero-order chi connectivity index (χ0) is 23.5. The van der Waals surface area contributed by atoms with E-state index in [1.54, 1.807) is 26.2 Å². The molecule has 0 saturated heterocycles. The molecule has 2 N–H and O–H groups in total. The van der Waals surface area contributed by atoms with Crippen LogP contribution in [0.2, 0.25) is 5.02 Å². The fourth-order valence-corrected chi connectivity index (χ4v) is 3.60. The molecule has 1 aliphatic heterocycles. The van der Waals surface area contributed by atoms with Crippen LogP contribution in [0, 0.1) is 0 Å². The fraction of sp³-hybridized carbons (Fsp3) is 0.318. The molecular weight excluding hydrogens is 445 g/mol. The third-order valence-corrected chi connectivity index (χ3v) is 5.55. The van der Waals surface area contributed by atoms with Gasteiger partial charge in [-0.3, -0.25) is 9.78 Å². The first-order chi connectivity index (χ1) is 15.1. The lowest BCUT2D eigenvalue weighted by molar-refractivity contribution is -0.137. The lowest BCUT2D eigenvalue weighted by Gasteiger charge is -2.27. The predicted molar refractivity (Wildman–Crippen MR) is 116 cm³/mol. The lowest BCUT2D eigenvalue weighted by atomic mass is 9.99. The maximum atomic E-state index is 12.7. The van der Waals surface area contributed by atoms with Crippen molar-refractivity contribution in [2.24, 2.45) is 0 Å². The molecule has 0 spiro atoms. The molecule has 3 amide bonds. The van der Waals surface area contributed by atoms with Crippen molar-refractivity contribution >= 4 is 34.8 Å². The number of hydrogen-bond acceptors (Lipinski definition) is 3. The summed E-state index contributed by atoms with van der Waals surface area (Å²) < 4.78 is 38.0. The summed E-state index contributed by atoms with van der Waals surface area (Å²) >= 11 is 6.40. The Hall–Kier alpha value is -3.07. The fourth-order valence-electron chi connectivity index (χ4n) is 3.31. The minimum Gasteiger partial charge on any atom is -0.359 e. The third kappa shape index (κ3) is 5.40. The molecular formula is C22H22ClF3N4O2. The Bertz CT molecular complexity index is 1040. The number of nitrogens with one attached hydrogen (secondary N) is 2. The average Bonchev–Trinajstić information content (AvgIpc) is 2.77. The van der Waals surface area contributed by atoms with E-state index in [1.807, 2.05) is 6.08 Å². The van der Waals surface area contributed by atoms with Crippen molar-refractivity contribution in [1.82, 2.24) is 15.2 Å². The summed E-state index contributed by atoms with van der Waals surface area (Å²) in [6.07, 6.45) is -0.459. The topological polar surface area (TPSA) is 74.3 Å². The van der Waals surface area contributed by atoms with Gasteiger partial charge in [0.25, 0.3) is 0 Å². The van der Waals surface area contributed by atoms with Gasteiger partial charge in [0, 0.05) is 32.0 Å². The Morgan fingerprint density at radius 3 is 2.44 bits per heavy atom. The third-order valence-electron chi connectivity index (χ3n) is 5.27. The van der Waals surface area contributed by atoms with Crippen molar-refractivity contribution in [3.8, 4) is 0 Å². The molecule has 1 aromatic heterocycles. The van der Waals surface area contributed by atoms with E-state index in [1.165, 1.54) is 17.0 Å². The van der Waals surface area contributed by atoms with Crippen LogP contribution in [0.1, 0.15) is 36.1 Å². The number of nitrogens with zero attached hydrogens (tertiary/aromatic N) is 2. The van der Waals surface area contributed by atoms with Crippen LogP contribution in [-0.2, 0) is 11.0 Å². The van der Waals surface area contributed by atoms with Crippen molar-refractivity contribution in [2.45, 2.75) is 25.4 Å². The first kappa shape index (κ1) is 23.6. The first-order valence-corrected chi connectivity index (χ1v) is 10.3. The molecule has 1 atom stereocenters. The van der Waals surface area contributed by atoms with Crippen molar-refractivity contribution in [3.63, 3.8) is 0 Å². The van der Waals surface area contributed by atoms with Crippen LogP contribution >= 0.6 is 11.6 Å². The van der Waals surface area contributed by atoms with E-state index in [2.05, 4.69) is 15.6 Å². The van der Waals surface area contributed by atoms with Crippen LogP contribution in [-0.4, -0.2) is 42.0 Å². The van der Waals surface area contributed by atoms with Crippen molar-refractivity contribution in [3.05, 3.63) is 64.4 Å². The Labute approximate surface area is 188 Å². The molecule has 3 rings (SSSR count). The number of likely N-dealkylation sites (N-methyl/N-ethyl adjacent to an activating group) is 1. The lowest BCUT2D eigenvalue weighted by Crippen LogP contribution is -2.38. The van der Waals surface area contributed by atoms with Gasteiger partial charge in [0.2, 0.25) is 5.91 Å². The molecule has 2 aromatic rings. The highest BCUT2D eigenvalue weighted by Crippen LogP contribution is 2.31. The average molecular weight is 467 g/mol. The zero-order valence-electron chi connectivity index (χ0n) is 17.5. The maximum absolute atomic E-state index is 12.7. The summed E-state index contributed by atoms with van der Waals surface area (Å²) in [5, 5.41) is 5.61. The molecule has 10 heteroatoms. The molecule has 1 aliphatic rings. The van der Waals surface area contributed by atoms with Crippen LogP contribution in [0.15, 0.2) is 42.6 Å². The largest absolute Gasteiger partial charge is 0.416 e. The van der Waals surface area contributed by atoms with Crippen LogP contribution in [0.25, 0.3) is 5.57 Å². The van der Waals surface area contributed by atoms with Gasteiger partial charge in [-0.25, -0.2) is 4.79 Å². The number of benzene rings is 1. The van der Waals surface area contributed by atoms with Crippen LogP contribution in [0.5, 0.6) is 0 Å². The highest BCUT2D eigenvalue weighted by atomic mass is 35.5. The number of hydrogen-bond donors (Lipinski definition) is 2. The molecule has 1 unspecified atom stereocenters. The maximum Gasteiger partial charge on any atom is 0.416 e. The summed E-state index contributed by atoms with van der Waals surface area (Å²) in [7, 11) is 1.56. The van der Waals surface area contributed by atoms with Gasteiger partial charge >= 0.3 is 12.2 Å². The van der Waals surface area contributed by atoms with E-state index >= 15 is 0 Å². The Morgan fingerprint density at radius 2 is 1.91 bits per heavy atom. The number of carbonyl (C=O) groups is 2. The molecule has 0 fully saturated rings. The van der Waals surface area contributed by atoms with Crippen LogP contribution in [0.3, 0.4) is 0 Å². The van der Waals surface area contributed by atoms with Gasteiger partial charge in [-0.1, -0.05) is 17.7 Å². The number of pyridine rings is 1. The number of urea groups is 1. The summed E-state index contributed by atoms with van der Waals surface area (Å²) in [4.78, 5) is 30.2. The van der Waals surface area contributed by atoms with Gasteiger partial charge < -0.3 is 15.5 Å². The molecule has 32 heavy (non-hydrogen) atoms. The molecule has 0 aliphatic carbocycles. The second-order valence-electron chi connectivity index (χ2n) is 7.37. The second-order valence-corrected chi connectivity index (χ2v) is 7.77. The summed E-state index contributed by atoms with van der Waals surface area (Å²) in [5.74, 6) is -0.522. The SMILES string of the molecule is CNC(=O)C(C)c1cnc(C2=CCN(C(=O)Nc3ccc(C(F)(F)F)cc3)CC2)c(Cl)c1. The van der Waals surface area contributed by atoms with Crippen LogP contribution < -0.4 is 10.6 Å². The van der Waals surface area contributed by atoms with Crippen molar-refractivity contribution in [1.29, 1.82) is 0 Å². The Morgan fingerprint density at radius 1 is 1.22 bits per heavy atom. The Kier molecular flexibility index (Phi) is 7.08. The van der Waals surface area contributed by atoms with E-state index < -0.39 is 17.8 Å². The monoisotopic (exact) mass is 466 g/mol. The summed E-state index contributed by atoms with van der Waals surface area (Å²) in [5.41, 5.74) is 1.69. The summed E-state index contributed by atoms with van der Waals surface area (Å²) in [6, 6.07) is 5.59. The van der Waals surface area contributed by atoms with Gasteiger partial charge in [-0.15, -0.1) is 0 Å². The molecule has 2 heterocycles.